The van der Waals surface area contributed by atoms with E-state index in [4.69, 9.17) is 14.2 Å². The van der Waals surface area contributed by atoms with E-state index in [2.05, 4.69) is 22.2 Å². The molecule has 0 radical (unpaired) electrons. The molecule has 0 bridgehead atoms. The second-order valence-corrected chi connectivity index (χ2v) is 8.22. The van der Waals surface area contributed by atoms with Crippen LogP contribution in [0, 0.1) is 5.92 Å². The Kier molecular flexibility index (Phi) is 6.88. The van der Waals surface area contributed by atoms with Crippen LogP contribution in [0.2, 0.25) is 0 Å². The summed E-state index contributed by atoms with van der Waals surface area (Å²) in [7, 11) is 3.14. The van der Waals surface area contributed by atoms with Crippen molar-refractivity contribution in [1.82, 2.24) is 14.9 Å². The van der Waals surface area contributed by atoms with Gasteiger partial charge < -0.3 is 24.4 Å². The van der Waals surface area contributed by atoms with E-state index < -0.39 is 0 Å². The van der Waals surface area contributed by atoms with Gasteiger partial charge in [-0.25, -0.2) is 9.97 Å². The Bertz CT molecular complexity index is 1130. The number of likely N-dealkylation sites (tertiary alicyclic amines) is 1. The molecular formula is C24H28N4O5. The smallest absolute Gasteiger partial charge is 0.204 e. The van der Waals surface area contributed by atoms with Gasteiger partial charge in [0.05, 0.1) is 30.6 Å². The highest BCUT2D eigenvalue weighted by molar-refractivity contribution is 6.21. The van der Waals surface area contributed by atoms with E-state index >= 15 is 0 Å². The minimum Gasteiger partial charge on any atom is -0.493 e. The largest absolute Gasteiger partial charge is 0.493 e. The maximum absolute atomic E-state index is 12.9. The maximum atomic E-state index is 12.9. The first-order chi connectivity index (χ1) is 16.0. The molecule has 1 aromatic carbocycles. The van der Waals surface area contributed by atoms with Gasteiger partial charge in [-0.05, 0) is 24.8 Å². The predicted molar refractivity (Wildman–Crippen MR) is 123 cm³/mol. The summed E-state index contributed by atoms with van der Waals surface area (Å²) in [4.78, 5) is 36.3. The van der Waals surface area contributed by atoms with Crippen molar-refractivity contribution in [3.8, 4) is 11.5 Å². The molecule has 1 aromatic heterocycles. The zero-order valence-corrected chi connectivity index (χ0v) is 19.1. The number of nitrogens with one attached hydrogen (secondary N) is 1. The first-order valence-electron chi connectivity index (χ1n) is 11.0. The average molecular weight is 453 g/mol. The van der Waals surface area contributed by atoms with Crippen molar-refractivity contribution in [2.45, 2.75) is 19.8 Å². The average Bonchev–Trinajstić information content (AvgIpc) is 2.81. The topological polar surface area (TPSA) is 103 Å². The quantitative estimate of drug-likeness (QED) is 0.478. The first kappa shape index (κ1) is 22.7. The van der Waals surface area contributed by atoms with Crippen LogP contribution in [0.25, 0.3) is 10.9 Å². The van der Waals surface area contributed by atoms with Gasteiger partial charge in [0, 0.05) is 43.8 Å². The van der Waals surface area contributed by atoms with Crippen molar-refractivity contribution < 1.29 is 23.8 Å². The summed E-state index contributed by atoms with van der Waals surface area (Å²) < 4.78 is 16.2. The number of ether oxygens (including phenoxy) is 3. The number of methoxy groups -OCH3 is 2. The molecule has 1 saturated heterocycles. The van der Waals surface area contributed by atoms with Crippen LogP contribution >= 0.6 is 0 Å². The molecule has 1 aliphatic heterocycles. The number of hydrogen-bond acceptors (Lipinski definition) is 9. The maximum Gasteiger partial charge on any atom is 0.204 e. The van der Waals surface area contributed by atoms with Crippen molar-refractivity contribution in [2.24, 2.45) is 5.92 Å². The summed E-state index contributed by atoms with van der Waals surface area (Å²) in [6, 6.07) is 3.49. The summed E-state index contributed by atoms with van der Waals surface area (Å²) in [5, 5.41) is 3.65. The van der Waals surface area contributed by atoms with Crippen LogP contribution in [0.3, 0.4) is 0 Å². The molecule has 2 aromatic rings. The molecule has 9 nitrogen and oxygen atoms in total. The normalized spacial score (nSPS) is 18.8. The third kappa shape index (κ3) is 4.98. The number of nitrogens with zero attached hydrogens (tertiary/aromatic N) is 3. The standard InChI is InChI=1S/C24H28N4O5/c1-15-5-4-6-28(13-15)19-12-20(29)18(10-21(19)30)27-24-16-9-22(32-3)23(33-8-7-31-2)11-17(16)25-14-26-24/h9-12,14-15H,4-8,13H2,1-3H3,(H,25,26,27). The molecule has 0 spiro atoms. The van der Waals surface area contributed by atoms with Crippen molar-refractivity contribution >= 4 is 28.3 Å². The number of allylic oxidation sites excluding steroid dienone is 2. The fourth-order valence-electron chi connectivity index (χ4n) is 4.10. The Morgan fingerprint density at radius 1 is 1.09 bits per heavy atom. The second-order valence-electron chi connectivity index (χ2n) is 8.22. The summed E-state index contributed by atoms with van der Waals surface area (Å²) in [6.45, 7) is 4.53. The highest BCUT2D eigenvalue weighted by Gasteiger charge is 2.27. The van der Waals surface area contributed by atoms with E-state index in [1.165, 1.54) is 18.5 Å². The molecule has 2 aliphatic rings. The molecule has 4 rings (SSSR count). The monoisotopic (exact) mass is 452 g/mol. The lowest BCUT2D eigenvalue weighted by Crippen LogP contribution is -2.37. The number of ketones is 2. The predicted octanol–water partition coefficient (Wildman–Crippen LogP) is 2.73. The number of rotatable bonds is 8. The van der Waals surface area contributed by atoms with Crippen LogP contribution in [-0.2, 0) is 14.3 Å². The van der Waals surface area contributed by atoms with Crippen LogP contribution in [0.5, 0.6) is 11.5 Å². The van der Waals surface area contributed by atoms with Crippen LogP contribution in [0.15, 0.2) is 42.0 Å². The number of carbonyl (C=O) groups excluding carboxylic acids is 2. The summed E-state index contributed by atoms with van der Waals surface area (Å²) >= 11 is 0. The van der Waals surface area contributed by atoms with Gasteiger partial charge >= 0.3 is 0 Å². The Morgan fingerprint density at radius 3 is 2.70 bits per heavy atom. The molecule has 1 N–H and O–H groups in total. The van der Waals surface area contributed by atoms with E-state index in [9.17, 15) is 9.59 Å². The highest BCUT2D eigenvalue weighted by atomic mass is 16.5. The molecule has 9 heteroatoms. The van der Waals surface area contributed by atoms with E-state index in [0.717, 1.165) is 25.9 Å². The molecule has 0 amide bonds. The lowest BCUT2D eigenvalue weighted by molar-refractivity contribution is -0.116. The molecule has 1 unspecified atom stereocenters. The number of piperidine rings is 1. The zero-order chi connectivity index (χ0) is 23.4. The fourth-order valence-corrected chi connectivity index (χ4v) is 4.10. The number of anilines is 1. The summed E-state index contributed by atoms with van der Waals surface area (Å²) in [6.07, 6.45) is 6.32. The SMILES string of the molecule is COCCOc1cc2ncnc(NC3=CC(=O)C(N4CCCC(C)C4)=CC3=O)c2cc1OC. The minimum atomic E-state index is -0.263. The van der Waals surface area contributed by atoms with Crippen molar-refractivity contribution in [2.75, 3.05) is 45.8 Å². The van der Waals surface area contributed by atoms with Crippen LogP contribution in [0.1, 0.15) is 19.8 Å². The summed E-state index contributed by atoms with van der Waals surface area (Å²) in [5.41, 5.74) is 1.24. The van der Waals surface area contributed by atoms with E-state index in [-0.39, 0.29) is 17.3 Å². The van der Waals surface area contributed by atoms with Crippen LogP contribution < -0.4 is 14.8 Å². The van der Waals surface area contributed by atoms with Crippen molar-refractivity contribution in [3.05, 3.63) is 42.0 Å². The number of aromatic nitrogens is 2. The van der Waals surface area contributed by atoms with Gasteiger partial charge in [-0.15, -0.1) is 0 Å². The Labute approximate surface area is 192 Å². The van der Waals surface area contributed by atoms with Gasteiger partial charge in [0.15, 0.2) is 11.5 Å². The number of benzene rings is 1. The fraction of sp³-hybridized carbons (Fsp3) is 0.417. The minimum absolute atomic E-state index is 0.174. The van der Waals surface area contributed by atoms with Gasteiger partial charge in [0.2, 0.25) is 11.6 Å². The molecule has 0 saturated carbocycles. The van der Waals surface area contributed by atoms with Gasteiger partial charge in [0.25, 0.3) is 0 Å². The number of fused-ring (bicyclic) bond motifs is 1. The lowest BCUT2D eigenvalue weighted by atomic mass is 9.97. The second kappa shape index (κ2) is 9.99. The van der Waals surface area contributed by atoms with Gasteiger partial charge in [-0.1, -0.05) is 6.92 Å². The summed E-state index contributed by atoms with van der Waals surface area (Å²) in [5.74, 6) is 1.47. The molecule has 33 heavy (non-hydrogen) atoms. The molecule has 174 valence electrons. The van der Waals surface area contributed by atoms with Crippen LogP contribution in [0.4, 0.5) is 5.82 Å². The highest BCUT2D eigenvalue weighted by Crippen LogP contribution is 2.34. The third-order valence-electron chi connectivity index (χ3n) is 5.78. The van der Waals surface area contributed by atoms with E-state index in [1.54, 1.807) is 26.4 Å². The van der Waals surface area contributed by atoms with Gasteiger partial charge in [-0.3, -0.25) is 9.59 Å². The molecule has 1 aliphatic carbocycles. The number of carbonyl (C=O) groups is 2. The van der Waals surface area contributed by atoms with Crippen LogP contribution in [-0.4, -0.2) is 67.0 Å². The Morgan fingerprint density at radius 2 is 1.94 bits per heavy atom. The Hall–Kier alpha value is -3.46. The molecule has 1 fully saturated rings. The van der Waals surface area contributed by atoms with Gasteiger partial charge in [0.1, 0.15) is 18.8 Å². The Balaban J connectivity index is 1.58. The van der Waals surface area contributed by atoms with Gasteiger partial charge in [-0.2, -0.15) is 0 Å². The van der Waals surface area contributed by atoms with E-state index in [0.29, 0.717) is 53.0 Å². The lowest BCUT2D eigenvalue weighted by Gasteiger charge is -2.34. The van der Waals surface area contributed by atoms with Crippen molar-refractivity contribution in [3.63, 3.8) is 0 Å². The zero-order valence-electron chi connectivity index (χ0n) is 19.1. The molecular weight excluding hydrogens is 424 g/mol. The van der Waals surface area contributed by atoms with E-state index in [1.807, 2.05) is 4.90 Å². The molecule has 2 heterocycles. The molecule has 1 atom stereocenters. The third-order valence-corrected chi connectivity index (χ3v) is 5.78. The first-order valence-corrected chi connectivity index (χ1v) is 11.0. The van der Waals surface area contributed by atoms with Crippen molar-refractivity contribution in [1.29, 1.82) is 0 Å². The number of hydrogen-bond donors (Lipinski definition) is 1.